The van der Waals surface area contributed by atoms with E-state index >= 15 is 0 Å². The highest BCUT2D eigenvalue weighted by atomic mass is 32.2. The number of benzene rings is 2. The molecular weight excluding hydrogens is 1900 g/mol. The Morgan fingerprint density at radius 2 is 0.769 bits per heavy atom. The summed E-state index contributed by atoms with van der Waals surface area (Å²) >= 11 is 1.32. The van der Waals surface area contributed by atoms with Crippen LogP contribution in [-0.2, 0) is 37.9 Å². The fourth-order valence-corrected chi connectivity index (χ4v) is 19.0. The average Bonchev–Trinajstić information content (AvgIpc) is 1.70. The molecule has 4 fully saturated rings. The minimum atomic E-state index is -1.44. The Kier molecular flexibility index (Phi) is 26.4. The minimum Gasteiger partial charge on any atom is -0.381 e. The van der Waals surface area contributed by atoms with E-state index in [1.807, 2.05) is 126 Å². The number of fused-ring (bicyclic) bond motifs is 4. The number of aryl methyl sites for hydroxylation is 4. The Morgan fingerprint density at radius 3 is 1.16 bits per heavy atom. The molecule has 4 aliphatic heterocycles. The maximum Gasteiger partial charge on any atom is 0.225 e. The second-order valence-electron chi connectivity index (χ2n) is 36.6. The van der Waals surface area contributed by atoms with Crippen LogP contribution in [0.1, 0.15) is 67.0 Å². The van der Waals surface area contributed by atoms with Gasteiger partial charge in [0.1, 0.15) is 87.4 Å². The molecule has 4 N–H and O–H groups in total. The van der Waals surface area contributed by atoms with Gasteiger partial charge in [-0.3, -0.25) is 19.3 Å². The zero-order valence-electron chi connectivity index (χ0n) is 81.1. The summed E-state index contributed by atoms with van der Waals surface area (Å²) in [6.45, 7) is 19.9. The number of anilines is 8. The Hall–Kier alpha value is -17.3. The number of rotatable bonds is 20. The summed E-state index contributed by atoms with van der Waals surface area (Å²) in [5.41, 5.74) is 10.3. The molecule has 0 aliphatic carbocycles. The first-order valence-corrected chi connectivity index (χ1v) is 48.2. The Morgan fingerprint density at radius 1 is 0.381 bits per heavy atom. The van der Waals surface area contributed by atoms with Gasteiger partial charge in [0.15, 0.2) is 36.1 Å². The van der Waals surface area contributed by atoms with Crippen molar-refractivity contribution in [2.75, 3.05) is 137 Å². The predicted molar refractivity (Wildman–Crippen MR) is 539 cm³/mol. The Balaban J connectivity index is 0.000000115. The predicted octanol–water partition coefficient (Wildman–Crippen LogP) is 10.6. The first-order valence-electron chi connectivity index (χ1n) is 47.4. The summed E-state index contributed by atoms with van der Waals surface area (Å²) in [6, 6.07) is 28.3. The van der Waals surface area contributed by atoms with E-state index in [2.05, 4.69) is 175 Å². The van der Waals surface area contributed by atoms with E-state index in [1.165, 1.54) is 54.2 Å². The number of aromatic amines is 1. The second-order valence-corrected chi connectivity index (χ2v) is 37.7. The van der Waals surface area contributed by atoms with Crippen molar-refractivity contribution in [2.24, 2.45) is 21.1 Å². The van der Waals surface area contributed by atoms with Crippen molar-refractivity contribution in [1.82, 2.24) is 138 Å². The summed E-state index contributed by atoms with van der Waals surface area (Å²) in [5.74, 6) is 5.14. The molecule has 2 aromatic carbocycles. The lowest BCUT2D eigenvalue weighted by molar-refractivity contribution is -0.726. The lowest BCUT2D eigenvalue weighted by Crippen LogP contribution is -2.53. The van der Waals surface area contributed by atoms with E-state index in [1.54, 1.807) is 134 Å². The lowest BCUT2D eigenvalue weighted by atomic mass is 9.90. The third-order valence-electron chi connectivity index (χ3n) is 26.5. The van der Waals surface area contributed by atoms with Crippen LogP contribution in [0.5, 0.6) is 0 Å². The lowest BCUT2D eigenvalue weighted by Gasteiger charge is -2.40. The highest BCUT2D eigenvalue weighted by Gasteiger charge is 2.36. The van der Waals surface area contributed by atoms with Gasteiger partial charge in [0.05, 0.1) is 53.6 Å². The molecule has 41 nitrogen and oxygen atoms in total. The molecule has 0 unspecified atom stereocenters. The molecule has 20 aromatic rings. The first kappa shape index (κ1) is 95.9. The molecule has 746 valence electrons. The highest BCUT2D eigenvalue weighted by Crippen LogP contribution is 2.39. The van der Waals surface area contributed by atoms with Crippen molar-refractivity contribution in [3.05, 3.63) is 315 Å². The summed E-state index contributed by atoms with van der Waals surface area (Å²) in [5, 5.41) is 66.2. The molecule has 147 heavy (non-hydrogen) atoms. The fraction of sp³-hybridized carbons (Fsp3) is 0.267. The first-order chi connectivity index (χ1) is 71.2. The number of aromatic nitrogens is 29. The van der Waals surface area contributed by atoms with Crippen molar-refractivity contribution < 1.29 is 42.1 Å². The number of halogens is 4. The van der Waals surface area contributed by atoms with Gasteiger partial charge < -0.3 is 59.0 Å². The van der Waals surface area contributed by atoms with Crippen LogP contribution in [0.25, 0.3) is 66.8 Å². The van der Waals surface area contributed by atoms with Gasteiger partial charge in [0.25, 0.3) is 0 Å². The van der Waals surface area contributed by atoms with Crippen molar-refractivity contribution in [1.29, 1.82) is 0 Å². The molecule has 0 radical (unpaired) electrons. The number of H-pyrrole nitrogens is 1. The minimum absolute atomic E-state index is 0.178. The van der Waals surface area contributed by atoms with Gasteiger partial charge in [0, 0.05) is 271 Å². The Labute approximate surface area is 841 Å². The molecule has 4 saturated heterocycles. The van der Waals surface area contributed by atoms with Crippen LogP contribution >= 0.6 is 11.8 Å². The molecule has 46 heteroatoms. The van der Waals surface area contributed by atoms with E-state index in [4.69, 9.17) is 4.52 Å². The van der Waals surface area contributed by atoms with Crippen molar-refractivity contribution in [3.8, 4) is 44.7 Å². The molecule has 0 spiro atoms. The molecule has 4 atom stereocenters. The quantitative estimate of drug-likeness (QED) is 0.0407. The maximum absolute atomic E-state index is 14.0. The van der Waals surface area contributed by atoms with Crippen LogP contribution in [-0.4, -0.2) is 258 Å². The summed E-state index contributed by atoms with van der Waals surface area (Å²) < 4.78 is 72.0. The molecule has 0 saturated carbocycles. The zero-order valence-corrected chi connectivity index (χ0v) is 81.9. The van der Waals surface area contributed by atoms with Gasteiger partial charge in [-0.15, -0.1) is 4.68 Å². The molecule has 0 bridgehead atoms. The largest absolute Gasteiger partial charge is 0.381 e. The number of piperazine rings is 4. The highest BCUT2D eigenvalue weighted by molar-refractivity contribution is 7.99. The van der Waals surface area contributed by atoms with Crippen LogP contribution < -0.4 is 43.9 Å². The molecule has 24 rings (SSSR count). The van der Waals surface area contributed by atoms with Gasteiger partial charge in [-0.25, -0.2) is 95.4 Å². The fourth-order valence-electron chi connectivity index (χ4n) is 18.2. The second kappa shape index (κ2) is 40.5. The molecule has 0 amide bonds. The van der Waals surface area contributed by atoms with E-state index in [-0.39, 0.29) is 17.7 Å². The molecule has 4 aliphatic rings. The van der Waals surface area contributed by atoms with Crippen LogP contribution in [0.15, 0.2) is 267 Å². The SMILES string of the molecule is C[C@@H]1CN(c2ncnn3cc(-c4c[nH][n+](C)c4)cc23)CCN1c1ncc(Sc2ccccc2F)cn1.Cc1cc(-c2cc3c(N4CCN(c5ncc([C@@](C)(O)c6ccc(F)cc6)cn5)CC4)ncnn3c2)on1.Cn1cc(-c2cc3c(N4CCN(c5ncc([C@@](C)(O)c6ccc(F)cn6)cn5)CC4)ncnn3c2)cn1.Cn1cc(-c2cc3c(N4CCN(c5ncc([C@](C)(O)c6ccc(F)cn6)cn5)CC4)ncnn3c2)cn1. The van der Waals surface area contributed by atoms with E-state index in [0.29, 0.717) is 107 Å². The zero-order chi connectivity index (χ0) is 101. The summed E-state index contributed by atoms with van der Waals surface area (Å²) in [6.07, 6.45) is 41.1. The number of aliphatic hydroxyl groups is 3. The average molecular weight is 2000 g/mol. The van der Waals surface area contributed by atoms with Crippen molar-refractivity contribution in [2.45, 2.75) is 67.3 Å². The van der Waals surface area contributed by atoms with Gasteiger partial charge in [-0.1, -0.05) is 41.2 Å². The van der Waals surface area contributed by atoms with Crippen LogP contribution in [0.2, 0.25) is 0 Å². The monoisotopic (exact) mass is 2000 g/mol. The maximum atomic E-state index is 14.0. The molecule has 22 heterocycles. The molecule has 18 aromatic heterocycles. The third kappa shape index (κ3) is 20.4. The van der Waals surface area contributed by atoms with Crippen LogP contribution in [0.4, 0.5) is 64.6 Å². The van der Waals surface area contributed by atoms with Crippen molar-refractivity contribution in [3.63, 3.8) is 0 Å². The van der Waals surface area contributed by atoms with Gasteiger partial charge in [-0.2, -0.15) is 35.7 Å². The number of pyridine rings is 2. The number of hydrogen-bond acceptors (Lipinski definition) is 34. The topological polar surface area (TPSA) is 418 Å². The van der Waals surface area contributed by atoms with Crippen LogP contribution in [0.3, 0.4) is 0 Å². The van der Waals surface area contributed by atoms with Gasteiger partial charge >= 0.3 is 0 Å². The number of hydrogen-bond donors (Lipinski definition) is 4. The standard InChI is InChI=1S/C26H25FN8O2.2C25H25FN10O.C25H24FN9S/c1-17-11-23(37-32-17)18-12-22-24(30-16-31-35(22)15-18)33-7-9-34(10-8-33)25-28-13-20(14-29-25)26(2,36)19-3-5-21(27)6-4-19;2*1-25(37,22-4-3-20(26)13-27-22)19-11-28-24(29-12-19)35-7-5-34(6-8-35)23-21-9-17(15-36(21)32-16-30-23)18-10-31-33(2)14-18;1-17-13-33(24-22-9-18(15-35(22)31-16-29-24)19-10-30-32(2)14-19)7-8-34(17)25-27-11-20(12-28-25)36-23-6-4-3-5-21(23)26/h3-6,11-16,36H,7-10H2,1-2H3;2*3-4,9-16,37H,5-8H2,1-2H3;3-6,9-12,14-17H,7-8,13H2,1-2H3/p+1/t26-;2*25-;17-/m0101/s1. The summed E-state index contributed by atoms with van der Waals surface area (Å²) in [4.78, 5) is 81.4. The Bertz CT molecular complexity index is 7440. The van der Waals surface area contributed by atoms with E-state index in [9.17, 15) is 32.9 Å². The van der Waals surface area contributed by atoms with Crippen LogP contribution in [0, 0.1) is 30.2 Å². The van der Waals surface area contributed by atoms with Gasteiger partial charge in [0.2, 0.25) is 30.0 Å². The number of nitrogens with zero attached hydrogens (tertiary/aromatic N) is 36. The summed E-state index contributed by atoms with van der Waals surface area (Å²) in [7, 11) is 5.75. The normalized spacial score (nSPS) is 15.9. The number of nitrogens with one attached hydrogen (secondary N) is 1. The third-order valence-corrected chi connectivity index (χ3v) is 27.5. The van der Waals surface area contributed by atoms with E-state index < -0.39 is 28.4 Å². The molecular formula is C101H100F4N37O4S+. The van der Waals surface area contributed by atoms with E-state index in [0.717, 1.165) is 166 Å². The van der Waals surface area contributed by atoms with Crippen molar-refractivity contribution >= 4 is 80.9 Å². The van der Waals surface area contributed by atoms with Gasteiger partial charge in [-0.05, 0) is 113 Å². The smallest absolute Gasteiger partial charge is 0.225 e.